The molecule has 0 N–H and O–H groups in total. The van der Waals surface area contributed by atoms with Gasteiger partial charge < -0.3 is 0 Å². The van der Waals surface area contributed by atoms with Gasteiger partial charge >= 0.3 is 0 Å². The highest BCUT2D eigenvalue weighted by molar-refractivity contribution is 7.26. The molecule has 0 spiro atoms. The maximum atomic E-state index is 5.26. The summed E-state index contributed by atoms with van der Waals surface area (Å²) in [5.74, 6) is 0.675. The Morgan fingerprint density at radius 1 is 0.532 bits per heavy atom. The molecule has 4 heteroatoms. The average molecular weight is 620 g/mol. The standard InChI is InChI=1S/C43H29N3S/c1-43(2)34-23-33-28-17-9-11-19-37(28)46(42-44-35(26-13-5-3-6-14-26)25-36(45-42)27-15-7-4-8-16-27)38(33)24-32(34)30-21-22-31-29-18-10-12-20-39(29)47-41(31)40(30)43/h3-25H,1-2H3. The van der Waals surface area contributed by atoms with Crippen LogP contribution in [0.3, 0.4) is 0 Å². The molecule has 0 atom stereocenters. The highest BCUT2D eigenvalue weighted by Crippen LogP contribution is 2.55. The van der Waals surface area contributed by atoms with Gasteiger partial charge in [-0.2, -0.15) is 0 Å². The molecule has 0 saturated carbocycles. The zero-order valence-electron chi connectivity index (χ0n) is 26.0. The second kappa shape index (κ2) is 9.71. The van der Waals surface area contributed by atoms with Crippen molar-refractivity contribution in [3.8, 4) is 39.6 Å². The number of fused-ring (bicyclic) bond motifs is 10. The number of hydrogen-bond acceptors (Lipinski definition) is 3. The van der Waals surface area contributed by atoms with Crippen LogP contribution >= 0.6 is 11.3 Å². The summed E-state index contributed by atoms with van der Waals surface area (Å²) in [4.78, 5) is 10.5. The van der Waals surface area contributed by atoms with Gasteiger partial charge in [-0.15, -0.1) is 11.3 Å². The van der Waals surface area contributed by atoms with Crippen molar-refractivity contribution in [2.24, 2.45) is 0 Å². The van der Waals surface area contributed by atoms with Gasteiger partial charge in [0.15, 0.2) is 0 Å². The lowest BCUT2D eigenvalue weighted by molar-refractivity contribution is 0.668. The van der Waals surface area contributed by atoms with E-state index >= 15 is 0 Å². The van der Waals surface area contributed by atoms with Gasteiger partial charge in [0.05, 0.1) is 22.4 Å². The molecule has 0 fully saturated rings. The Morgan fingerprint density at radius 3 is 1.89 bits per heavy atom. The summed E-state index contributed by atoms with van der Waals surface area (Å²) in [7, 11) is 0. The van der Waals surface area contributed by atoms with Crippen molar-refractivity contribution in [3.05, 3.63) is 151 Å². The van der Waals surface area contributed by atoms with Crippen molar-refractivity contribution in [1.82, 2.24) is 14.5 Å². The zero-order chi connectivity index (χ0) is 31.3. The Balaban J connectivity index is 1.28. The van der Waals surface area contributed by atoms with Crippen LogP contribution in [0.25, 0.3) is 81.6 Å². The van der Waals surface area contributed by atoms with Gasteiger partial charge in [-0.05, 0) is 52.6 Å². The van der Waals surface area contributed by atoms with Crippen LogP contribution in [0, 0.1) is 0 Å². The fourth-order valence-corrected chi connectivity index (χ4v) is 9.20. The maximum Gasteiger partial charge on any atom is 0.235 e. The summed E-state index contributed by atoms with van der Waals surface area (Å²) < 4.78 is 5.01. The van der Waals surface area contributed by atoms with Gasteiger partial charge in [0.2, 0.25) is 5.95 Å². The van der Waals surface area contributed by atoms with Crippen LogP contribution in [0.5, 0.6) is 0 Å². The minimum Gasteiger partial charge on any atom is -0.278 e. The first-order valence-corrected chi connectivity index (χ1v) is 16.9. The van der Waals surface area contributed by atoms with Gasteiger partial charge in [-0.1, -0.05) is 123 Å². The molecule has 47 heavy (non-hydrogen) atoms. The second-order valence-electron chi connectivity index (χ2n) is 13.0. The zero-order valence-corrected chi connectivity index (χ0v) is 26.8. The van der Waals surface area contributed by atoms with Gasteiger partial charge in [0, 0.05) is 47.5 Å². The highest BCUT2D eigenvalue weighted by atomic mass is 32.1. The fourth-order valence-electron chi connectivity index (χ4n) is 7.79. The lowest BCUT2D eigenvalue weighted by Gasteiger charge is -2.22. The van der Waals surface area contributed by atoms with E-state index in [0.29, 0.717) is 5.95 Å². The summed E-state index contributed by atoms with van der Waals surface area (Å²) in [6.45, 7) is 4.79. The molecule has 222 valence electrons. The normalized spacial score (nSPS) is 13.5. The van der Waals surface area contributed by atoms with E-state index in [0.717, 1.165) is 33.5 Å². The predicted octanol–water partition coefficient (Wildman–Crippen LogP) is 11.6. The minimum absolute atomic E-state index is 0.146. The molecule has 0 unspecified atom stereocenters. The topological polar surface area (TPSA) is 30.7 Å². The van der Waals surface area contributed by atoms with Crippen molar-refractivity contribution in [2.75, 3.05) is 0 Å². The van der Waals surface area contributed by atoms with Gasteiger partial charge in [0.25, 0.3) is 0 Å². The Bertz CT molecular complexity index is 2640. The van der Waals surface area contributed by atoms with Crippen molar-refractivity contribution in [2.45, 2.75) is 19.3 Å². The lowest BCUT2D eigenvalue weighted by atomic mass is 9.81. The van der Waals surface area contributed by atoms with E-state index in [1.807, 2.05) is 23.5 Å². The summed E-state index contributed by atoms with van der Waals surface area (Å²) >= 11 is 1.92. The molecule has 9 aromatic rings. The number of thiophene rings is 1. The average Bonchev–Trinajstić information content (AvgIpc) is 3.73. The number of para-hydroxylation sites is 1. The number of benzene rings is 6. The van der Waals surface area contributed by atoms with Gasteiger partial charge in [0.1, 0.15) is 0 Å². The molecule has 0 aliphatic heterocycles. The van der Waals surface area contributed by atoms with Crippen LogP contribution < -0.4 is 0 Å². The first-order chi connectivity index (χ1) is 23.1. The lowest BCUT2D eigenvalue weighted by Crippen LogP contribution is -2.15. The van der Waals surface area contributed by atoms with Crippen molar-refractivity contribution in [1.29, 1.82) is 0 Å². The molecule has 10 rings (SSSR count). The van der Waals surface area contributed by atoms with E-state index < -0.39 is 0 Å². The van der Waals surface area contributed by atoms with Crippen LogP contribution in [0.15, 0.2) is 140 Å². The Hall–Kier alpha value is -5.58. The molecule has 1 aliphatic rings. The molecule has 0 radical (unpaired) electrons. The number of rotatable bonds is 3. The van der Waals surface area contributed by atoms with Gasteiger partial charge in [-0.25, -0.2) is 9.97 Å². The summed E-state index contributed by atoms with van der Waals surface area (Å²) in [5.41, 5.74) is 11.4. The minimum atomic E-state index is -0.146. The first-order valence-electron chi connectivity index (χ1n) is 16.1. The van der Waals surface area contributed by atoms with E-state index in [2.05, 4.69) is 146 Å². The number of hydrogen-bond donors (Lipinski definition) is 0. The van der Waals surface area contributed by atoms with E-state index in [1.165, 1.54) is 53.2 Å². The second-order valence-corrected chi connectivity index (χ2v) is 14.1. The van der Waals surface area contributed by atoms with Crippen molar-refractivity contribution < 1.29 is 0 Å². The van der Waals surface area contributed by atoms with Crippen LogP contribution in [-0.2, 0) is 5.41 Å². The van der Waals surface area contributed by atoms with Crippen molar-refractivity contribution in [3.63, 3.8) is 0 Å². The largest absolute Gasteiger partial charge is 0.278 e. The quantitative estimate of drug-likeness (QED) is 0.197. The SMILES string of the molecule is CC1(C)c2cc3c4ccccc4n(-c4nc(-c5ccccc5)cc(-c5ccccc5)n4)c3cc2-c2ccc3c(sc4ccccc43)c21. The Kier molecular flexibility index (Phi) is 5.50. The summed E-state index contributed by atoms with van der Waals surface area (Å²) in [6.07, 6.45) is 0. The molecule has 1 aliphatic carbocycles. The Morgan fingerprint density at radius 2 is 1.17 bits per heavy atom. The monoisotopic (exact) mass is 619 g/mol. The van der Waals surface area contributed by atoms with E-state index in [-0.39, 0.29) is 5.41 Å². The molecule has 3 nitrogen and oxygen atoms in total. The molecular weight excluding hydrogens is 591 g/mol. The van der Waals surface area contributed by atoms with E-state index in [4.69, 9.17) is 9.97 Å². The molecule has 3 heterocycles. The van der Waals surface area contributed by atoms with E-state index in [9.17, 15) is 0 Å². The van der Waals surface area contributed by atoms with E-state index in [1.54, 1.807) is 0 Å². The third kappa shape index (κ3) is 3.79. The van der Waals surface area contributed by atoms with Crippen LogP contribution in [0.1, 0.15) is 25.0 Å². The predicted molar refractivity (Wildman–Crippen MR) is 198 cm³/mol. The first kappa shape index (κ1) is 26.6. The molecule has 0 bridgehead atoms. The molecule has 0 amide bonds. The highest BCUT2D eigenvalue weighted by Gasteiger charge is 2.38. The van der Waals surface area contributed by atoms with Gasteiger partial charge in [-0.3, -0.25) is 4.57 Å². The molecule has 3 aromatic heterocycles. The molecule has 6 aromatic carbocycles. The summed E-state index contributed by atoms with van der Waals surface area (Å²) in [5, 5.41) is 5.13. The maximum absolute atomic E-state index is 5.26. The van der Waals surface area contributed by atoms with Crippen LogP contribution in [0.2, 0.25) is 0 Å². The number of aromatic nitrogens is 3. The molecular formula is C43H29N3S. The Labute approximate surface area is 276 Å². The van der Waals surface area contributed by atoms with Crippen LogP contribution in [0.4, 0.5) is 0 Å². The number of nitrogens with zero attached hydrogens (tertiary/aromatic N) is 3. The molecule has 0 saturated heterocycles. The third-order valence-corrected chi connectivity index (χ3v) is 11.2. The fraction of sp³-hybridized carbons (Fsp3) is 0.0698. The summed E-state index contributed by atoms with van der Waals surface area (Å²) in [6, 6.07) is 49.9. The van der Waals surface area contributed by atoms with Crippen molar-refractivity contribution >= 4 is 53.3 Å². The smallest absolute Gasteiger partial charge is 0.235 e. The van der Waals surface area contributed by atoms with Crippen LogP contribution in [-0.4, -0.2) is 14.5 Å². The third-order valence-electron chi connectivity index (χ3n) is 10.0.